The van der Waals surface area contributed by atoms with Gasteiger partial charge in [-0.2, -0.15) is 0 Å². The monoisotopic (exact) mass is 277 g/mol. The molecular weight excluding hydrogens is 262 g/mol. The summed E-state index contributed by atoms with van der Waals surface area (Å²) in [7, 11) is 0. The van der Waals surface area contributed by atoms with E-state index in [1.807, 2.05) is 59.5 Å². The van der Waals surface area contributed by atoms with E-state index < -0.39 is 0 Å². The first-order valence-corrected chi connectivity index (χ1v) is 7.11. The van der Waals surface area contributed by atoms with Crippen molar-refractivity contribution in [2.45, 2.75) is 12.3 Å². The van der Waals surface area contributed by atoms with Crippen LogP contribution in [0.15, 0.2) is 54.6 Å². The summed E-state index contributed by atoms with van der Waals surface area (Å²) in [4.78, 5) is 22.1. The quantitative estimate of drug-likeness (QED) is 0.782. The van der Waals surface area contributed by atoms with Crippen LogP contribution in [0.2, 0.25) is 0 Å². The summed E-state index contributed by atoms with van der Waals surface area (Å²) in [6, 6.07) is 17.8. The summed E-state index contributed by atoms with van der Waals surface area (Å²) in [6.45, 7) is 0.683. The Bertz CT molecular complexity index is 761. The molecule has 0 bridgehead atoms. The van der Waals surface area contributed by atoms with Gasteiger partial charge in [0.05, 0.1) is 11.0 Å². The molecule has 2 heterocycles. The Morgan fingerprint density at radius 3 is 2.62 bits per heavy atom. The van der Waals surface area contributed by atoms with Crippen LogP contribution in [0.4, 0.5) is 5.69 Å². The molecule has 0 saturated carbocycles. The minimum Gasteiger partial charge on any atom is -0.342 e. The normalized spacial score (nSPS) is 18.6. The van der Waals surface area contributed by atoms with E-state index >= 15 is 0 Å². The number of fused-ring (bicyclic) bond motifs is 1. The molecule has 3 aromatic rings. The number of nitrogens with one attached hydrogen (secondary N) is 1. The summed E-state index contributed by atoms with van der Waals surface area (Å²) in [5.74, 6) is 1.19. The molecule has 104 valence electrons. The molecule has 1 fully saturated rings. The molecule has 0 spiro atoms. The van der Waals surface area contributed by atoms with E-state index in [1.54, 1.807) is 0 Å². The highest BCUT2D eigenvalue weighted by molar-refractivity contribution is 5.96. The van der Waals surface area contributed by atoms with E-state index in [9.17, 15) is 4.79 Å². The van der Waals surface area contributed by atoms with Crippen LogP contribution in [-0.2, 0) is 4.79 Å². The SMILES string of the molecule is O=C1C[C@H](c2nc3ccccc3[nH]2)CN1c1ccccc1. The average molecular weight is 277 g/mol. The van der Waals surface area contributed by atoms with Crippen molar-refractivity contribution < 1.29 is 4.79 Å². The fraction of sp³-hybridized carbons (Fsp3) is 0.176. The van der Waals surface area contributed by atoms with Gasteiger partial charge in [0, 0.05) is 24.6 Å². The number of anilines is 1. The summed E-state index contributed by atoms with van der Waals surface area (Å²) in [5.41, 5.74) is 2.94. The molecule has 1 saturated heterocycles. The van der Waals surface area contributed by atoms with Crippen molar-refractivity contribution in [2.75, 3.05) is 11.4 Å². The molecule has 1 aliphatic rings. The first-order chi connectivity index (χ1) is 10.3. The zero-order valence-corrected chi connectivity index (χ0v) is 11.5. The number of imidazole rings is 1. The third-order valence-electron chi connectivity index (χ3n) is 3.99. The molecule has 0 radical (unpaired) electrons. The van der Waals surface area contributed by atoms with E-state index in [0.717, 1.165) is 22.5 Å². The van der Waals surface area contributed by atoms with E-state index in [2.05, 4.69) is 9.97 Å². The molecule has 1 atom stereocenters. The second-order valence-corrected chi connectivity index (χ2v) is 5.38. The number of hydrogen-bond donors (Lipinski definition) is 1. The zero-order valence-electron chi connectivity index (χ0n) is 11.5. The van der Waals surface area contributed by atoms with Gasteiger partial charge in [-0.15, -0.1) is 0 Å². The fourth-order valence-corrected chi connectivity index (χ4v) is 2.91. The lowest BCUT2D eigenvalue weighted by molar-refractivity contribution is -0.117. The number of carbonyl (C=O) groups is 1. The maximum Gasteiger partial charge on any atom is 0.227 e. The fourth-order valence-electron chi connectivity index (χ4n) is 2.91. The lowest BCUT2D eigenvalue weighted by Gasteiger charge is -2.15. The highest BCUT2D eigenvalue weighted by Gasteiger charge is 2.33. The van der Waals surface area contributed by atoms with E-state index in [-0.39, 0.29) is 11.8 Å². The number of H-pyrrole nitrogens is 1. The number of carbonyl (C=O) groups excluding carboxylic acids is 1. The number of para-hydroxylation sites is 3. The molecule has 1 aromatic heterocycles. The number of hydrogen-bond acceptors (Lipinski definition) is 2. The second kappa shape index (κ2) is 4.74. The van der Waals surface area contributed by atoms with Gasteiger partial charge in [-0.1, -0.05) is 30.3 Å². The lowest BCUT2D eigenvalue weighted by atomic mass is 10.1. The number of amides is 1. The van der Waals surface area contributed by atoms with Crippen molar-refractivity contribution in [1.82, 2.24) is 9.97 Å². The topological polar surface area (TPSA) is 49.0 Å². The van der Waals surface area contributed by atoms with E-state index in [0.29, 0.717) is 13.0 Å². The smallest absolute Gasteiger partial charge is 0.227 e. The Hall–Kier alpha value is -2.62. The Morgan fingerprint density at radius 1 is 1.05 bits per heavy atom. The second-order valence-electron chi connectivity index (χ2n) is 5.38. The Kier molecular flexibility index (Phi) is 2.74. The van der Waals surface area contributed by atoms with Gasteiger partial charge in [-0.25, -0.2) is 4.98 Å². The summed E-state index contributed by atoms with van der Waals surface area (Å²) < 4.78 is 0. The molecule has 0 aliphatic carbocycles. The van der Waals surface area contributed by atoms with Gasteiger partial charge in [0.1, 0.15) is 5.82 Å². The summed E-state index contributed by atoms with van der Waals surface area (Å²) in [5, 5.41) is 0. The van der Waals surface area contributed by atoms with Gasteiger partial charge in [0.15, 0.2) is 0 Å². The molecule has 4 rings (SSSR count). The van der Waals surface area contributed by atoms with Crippen LogP contribution in [-0.4, -0.2) is 22.4 Å². The van der Waals surface area contributed by atoms with Crippen LogP contribution in [0.5, 0.6) is 0 Å². The molecule has 1 amide bonds. The third-order valence-corrected chi connectivity index (χ3v) is 3.99. The van der Waals surface area contributed by atoms with Crippen LogP contribution < -0.4 is 4.90 Å². The van der Waals surface area contributed by atoms with Crippen LogP contribution in [0.1, 0.15) is 18.2 Å². The third kappa shape index (κ3) is 2.09. The van der Waals surface area contributed by atoms with Crippen molar-refractivity contribution in [3.05, 3.63) is 60.4 Å². The van der Waals surface area contributed by atoms with Crippen LogP contribution in [0.3, 0.4) is 0 Å². The summed E-state index contributed by atoms with van der Waals surface area (Å²) >= 11 is 0. The summed E-state index contributed by atoms with van der Waals surface area (Å²) in [6.07, 6.45) is 0.509. The van der Waals surface area contributed by atoms with Crippen LogP contribution >= 0.6 is 0 Å². The molecule has 0 unspecified atom stereocenters. The number of nitrogens with zero attached hydrogens (tertiary/aromatic N) is 2. The predicted octanol–water partition coefficient (Wildman–Crippen LogP) is 3.08. The zero-order chi connectivity index (χ0) is 14.2. The average Bonchev–Trinajstić information content (AvgIpc) is 3.11. The molecule has 21 heavy (non-hydrogen) atoms. The number of rotatable bonds is 2. The van der Waals surface area contributed by atoms with Gasteiger partial charge in [-0.05, 0) is 24.3 Å². The van der Waals surface area contributed by atoms with Crippen molar-refractivity contribution in [3.63, 3.8) is 0 Å². The van der Waals surface area contributed by atoms with Gasteiger partial charge < -0.3 is 9.88 Å². The van der Waals surface area contributed by atoms with Crippen molar-refractivity contribution in [2.24, 2.45) is 0 Å². The standard InChI is InChI=1S/C17H15N3O/c21-16-10-12(11-20(16)13-6-2-1-3-7-13)17-18-14-8-4-5-9-15(14)19-17/h1-9,12H,10-11H2,(H,18,19)/t12-/m0/s1. The predicted molar refractivity (Wildman–Crippen MR) is 82.2 cm³/mol. The van der Waals surface area contributed by atoms with Gasteiger partial charge >= 0.3 is 0 Å². The first kappa shape index (κ1) is 12.1. The highest BCUT2D eigenvalue weighted by atomic mass is 16.2. The first-order valence-electron chi connectivity index (χ1n) is 7.11. The molecule has 2 aromatic carbocycles. The van der Waals surface area contributed by atoms with E-state index in [4.69, 9.17) is 0 Å². The molecular formula is C17H15N3O. The Morgan fingerprint density at radius 2 is 1.81 bits per heavy atom. The van der Waals surface area contributed by atoms with Gasteiger partial charge in [-0.3, -0.25) is 4.79 Å². The van der Waals surface area contributed by atoms with Gasteiger partial charge in [0.25, 0.3) is 0 Å². The lowest BCUT2D eigenvalue weighted by Crippen LogP contribution is -2.24. The number of benzene rings is 2. The number of aromatic amines is 1. The number of aromatic nitrogens is 2. The molecule has 1 aliphatic heterocycles. The molecule has 4 nitrogen and oxygen atoms in total. The van der Waals surface area contributed by atoms with Crippen LogP contribution in [0.25, 0.3) is 11.0 Å². The minimum absolute atomic E-state index is 0.130. The van der Waals surface area contributed by atoms with Crippen molar-refractivity contribution in [3.8, 4) is 0 Å². The largest absolute Gasteiger partial charge is 0.342 e. The van der Waals surface area contributed by atoms with Crippen molar-refractivity contribution in [1.29, 1.82) is 0 Å². The Balaban J connectivity index is 1.64. The van der Waals surface area contributed by atoms with Crippen molar-refractivity contribution >= 4 is 22.6 Å². The van der Waals surface area contributed by atoms with Gasteiger partial charge in [0.2, 0.25) is 5.91 Å². The maximum absolute atomic E-state index is 12.3. The van der Waals surface area contributed by atoms with E-state index in [1.165, 1.54) is 0 Å². The molecule has 4 heteroatoms. The minimum atomic E-state index is 0.130. The highest BCUT2D eigenvalue weighted by Crippen LogP contribution is 2.31. The maximum atomic E-state index is 12.3. The molecule has 1 N–H and O–H groups in total. The Labute approximate surface area is 122 Å². The van der Waals surface area contributed by atoms with Crippen LogP contribution in [0, 0.1) is 0 Å².